The Balaban J connectivity index is 1.42. The molecule has 0 bridgehead atoms. The second-order valence-electron chi connectivity index (χ2n) is 9.76. The van der Waals surface area contributed by atoms with Gasteiger partial charge >= 0.3 is 7.60 Å². The zero-order valence-corrected chi connectivity index (χ0v) is 25.1. The number of benzene rings is 1. The van der Waals surface area contributed by atoms with Crippen molar-refractivity contribution < 1.29 is 27.6 Å². The van der Waals surface area contributed by atoms with Gasteiger partial charge in [0.05, 0.1) is 11.2 Å². The predicted octanol–water partition coefficient (Wildman–Crippen LogP) is 3.38. The smallest absolute Gasteiger partial charge is 0.345 e. The van der Waals surface area contributed by atoms with Crippen molar-refractivity contribution in [2.24, 2.45) is 0 Å². The summed E-state index contributed by atoms with van der Waals surface area (Å²) in [5, 5.41) is 8.50. The summed E-state index contributed by atoms with van der Waals surface area (Å²) in [5.41, 5.74) is 0.769. The van der Waals surface area contributed by atoms with Crippen LogP contribution in [0.3, 0.4) is 0 Å². The molecular weight excluding hydrogens is 614 g/mol. The number of carbonyl (C=O) groups is 1. The number of hydrogen-bond donors (Lipinski definition) is 2. The van der Waals surface area contributed by atoms with Crippen LogP contribution in [0.15, 0.2) is 64.8 Å². The lowest BCUT2D eigenvalue weighted by Crippen LogP contribution is -2.48. The van der Waals surface area contributed by atoms with Gasteiger partial charge in [-0.15, -0.1) is 10.2 Å². The Morgan fingerprint density at radius 2 is 1.76 bits per heavy atom. The molecular formula is C25H27Cl2N6O6PS. The molecule has 3 aromatic rings. The molecule has 1 unspecified atom stereocenters. The number of amides is 1. The third-order valence-electron chi connectivity index (χ3n) is 6.93. The molecule has 1 amide bonds. The van der Waals surface area contributed by atoms with Gasteiger partial charge in [-0.25, -0.2) is 8.42 Å². The maximum Gasteiger partial charge on any atom is 0.345 e. The second kappa shape index (κ2) is 11.4. The Bertz CT molecular complexity index is 1700. The third kappa shape index (κ3) is 6.45. The largest absolute Gasteiger partial charge is 0.352 e. The van der Waals surface area contributed by atoms with Crippen LogP contribution in [0.25, 0.3) is 16.7 Å². The van der Waals surface area contributed by atoms with E-state index in [0.717, 1.165) is 0 Å². The molecule has 41 heavy (non-hydrogen) atoms. The van der Waals surface area contributed by atoms with Crippen LogP contribution in [-0.4, -0.2) is 81.5 Å². The minimum absolute atomic E-state index is 0.0490. The lowest BCUT2D eigenvalue weighted by atomic mass is 10.2. The first-order valence-corrected chi connectivity index (χ1v) is 16.6. The predicted molar refractivity (Wildman–Crippen MR) is 158 cm³/mol. The van der Waals surface area contributed by atoms with Crippen molar-refractivity contribution in [2.75, 3.05) is 41.7 Å². The molecule has 1 aliphatic carbocycles. The van der Waals surface area contributed by atoms with E-state index >= 15 is 0 Å². The van der Waals surface area contributed by atoms with E-state index in [2.05, 4.69) is 15.1 Å². The van der Waals surface area contributed by atoms with E-state index in [4.69, 9.17) is 23.2 Å². The number of aromatic nitrogens is 3. The number of hydrogen-bond acceptors (Lipinski definition) is 7. The SMILES string of the molecule is CC(=O)N1CCN(c2ccc(-n3ccc4cc(N(CP(=O)(O)O)S(=O)(=O)C5C=C(Cl)C=C(Cl)C5)ccc43)nn2)CC1. The summed E-state index contributed by atoms with van der Waals surface area (Å²) >= 11 is 12.1. The van der Waals surface area contributed by atoms with E-state index in [9.17, 15) is 27.6 Å². The van der Waals surface area contributed by atoms with Gasteiger partial charge in [0.2, 0.25) is 15.9 Å². The molecule has 0 spiro atoms. The van der Waals surface area contributed by atoms with Gasteiger partial charge in [-0.05, 0) is 48.6 Å². The number of fused-ring (bicyclic) bond motifs is 1. The van der Waals surface area contributed by atoms with Crippen LogP contribution in [-0.2, 0) is 19.4 Å². The Labute approximate surface area is 246 Å². The fourth-order valence-electron chi connectivity index (χ4n) is 4.87. The molecule has 1 aliphatic heterocycles. The summed E-state index contributed by atoms with van der Waals surface area (Å²) in [5.74, 6) is 1.27. The average molecular weight is 641 g/mol. The van der Waals surface area contributed by atoms with Gasteiger partial charge in [0.25, 0.3) is 0 Å². The summed E-state index contributed by atoms with van der Waals surface area (Å²) in [7, 11) is -9.11. The lowest BCUT2D eigenvalue weighted by Gasteiger charge is -2.34. The zero-order chi connectivity index (χ0) is 29.5. The molecule has 12 nitrogen and oxygen atoms in total. The van der Waals surface area contributed by atoms with Crippen LogP contribution in [0.2, 0.25) is 0 Å². The van der Waals surface area contributed by atoms with Crippen LogP contribution < -0.4 is 9.21 Å². The van der Waals surface area contributed by atoms with E-state index in [-0.39, 0.29) is 28.1 Å². The maximum absolute atomic E-state index is 13.6. The molecule has 5 rings (SSSR count). The van der Waals surface area contributed by atoms with Crippen LogP contribution >= 0.6 is 30.8 Å². The standard InChI is InChI=1S/C25H27Cl2N6O6PS/c1-17(34)30-8-10-31(11-9-30)24-4-5-25(29-28-24)32-7-6-18-12-21(2-3-23(18)32)33(16-40(35,36)37)41(38,39)22-14-19(26)13-20(27)15-22/h2-7,12-14,22H,8-11,15-16H2,1H3,(H2,35,36,37). The molecule has 2 N–H and O–H groups in total. The Hall–Kier alpha value is -2.93. The number of piperazine rings is 1. The Kier molecular flexibility index (Phi) is 8.21. The molecule has 2 aromatic heterocycles. The van der Waals surface area contributed by atoms with Crippen LogP contribution in [0.4, 0.5) is 11.5 Å². The van der Waals surface area contributed by atoms with Gasteiger partial charge in [0, 0.05) is 61.2 Å². The van der Waals surface area contributed by atoms with Crippen molar-refractivity contribution in [1.82, 2.24) is 19.7 Å². The molecule has 218 valence electrons. The molecule has 0 saturated carbocycles. The molecule has 3 heterocycles. The number of sulfonamides is 1. The van der Waals surface area contributed by atoms with Crippen LogP contribution in [0.5, 0.6) is 0 Å². The normalized spacial score (nSPS) is 18.3. The molecule has 1 fully saturated rings. The lowest BCUT2D eigenvalue weighted by molar-refractivity contribution is -0.129. The number of anilines is 2. The molecule has 1 aromatic carbocycles. The quantitative estimate of drug-likeness (QED) is 0.371. The number of nitrogens with zero attached hydrogens (tertiary/aromatic N) is 6. The van der Waals surface area contributed by atoms with Gasteiger partial charge in [0.15, 0.2) is 11.6 Å². The van der Waals surface area contributed by atoms with Crippen molar-refractivity contribution >= 4 is 69.1 Å². The monoisotopic (exact) mass is 640 g/mol. The van der Waals surface area contributed by atoms with E-state index in [0.29, 0.717) is 53.0 Å². The molecule has 0 radical (unpaired) electrons. The minimum atomic E-state index is -4.79. The summed E-state index contributed by atoms with van der Waals surface area (Å²) in [4.78, 5) is 34.9. The van der Waals surface area contributed by atoms with Gasteiger partial charge in [-0.2, -0.15) is 0 Å². The number of rotatable bonds is 7. The molecule has 1 atom stereocenters. The Morgan fingerprint density at radius 3 is 2.37 bits per heavy atom. The molecule has 2 aliphatic rings. The molecule has 16 heteroatoms. The zero-order valence-electron chi connectivity index (χ0n) is 21.8. The average Bonchev–Trinajstić information content (AvgIpc) is 3.34. The van der Waals surface area contributed by atoms with Gasteiger partial charge in [-0.1, -0.05) is 23.2 Å². The van der Waals surface area contributed by atoms with Gasteiger partial charge < -0.3 is 19.6 Å². The van der Waals surface area contributed by atoms with E-state index in [1.54, 1.807) is 40.8 Å². The van der Waals surface area contributed by atoms with Crippen molar-refractivity contribution in [1.29, 1.82) is 0 Å². The molecule has 1 saturated heterocycles. The first-order valence-electron chi connectivity index (χ1n) is 12.6. The van der Waals surface area contributed by atoms with Crippen molar-refractivity contribution in [3.05, 3.63) is 64.8 Å². The maximum atomic E-state index is 13.6. The first kappa shape index (κ1) is 29.6. The highest BCUT2D eigenvalue weighted by molar-refractivity contribution is 7.93. The summed E-state index contributed by atoms with van der Waals surface area (Å²) in [6.07, 6.45) is 3.37. The highest BCUT2D eigenvalue weighted by Gasteiger charge is 2.37. The third-order valence-corrected chi connectivity index (χ3v) is 10.3. The minimum Gasteiger partial charge on any atom is -0.352 e. The topological polar surface area (TPSA) is 149 Å². The number of allylic oxidation sites excluding steroid dienone is 3. The highest BCUT2D eigenvalue weighted by atomic mass is 35.5. The van der Waals surface area contributed by atoms with Crippen LogP contribution in [0.1, 0.15) is 13.3 Å². The van der Waals surface area contributed by atoms with Crippen LogP contribution in [0, 0.1) is 0 Å². The Morgan fingerprint density at radius 1 is 1.07 bits per heavy atom. The first-order chi connectivity index (χ1) is 19.3. The summed E-state index contributed by atoms with van der Waals surface area (Å²) in [6, 6.07) is 10.1. The fraction of sp³-hybridized carbons (Fsp3) is 0.320. The van der Waals surface area contributed by atoms with Crippen molar-refractivity contribution in [2.45, 2.75) is 18.6 Å². The summed E-state index contributed by atoms with van der Waals surface area (Å²) < 4.78 is 41.6. The van der Waals surface area contributed by atoms with E-state index in [1.807, 2.05) is 12.1 Å². The van der Waals surface area contributed by atoms with Gasteiger partial charge in [-0.3, -0.25) is 18.2 Å². The highest BCUT2D eigenvalue weighted by Crippen LogP contribution is 2.41. The summed E-state index contributed by atoms with van der Waals surface area (Å²) in [6.45, 7) is 4.10. The fourth-order valence-corrected chi connectivity index (χ4v) is 8.69. The van der Waals surface area contributed by atoms with Crippen molar-refractivity contribution in [3.8, 4) is 5.82 Å². The van der Waals surface area contributed by atoms with E-state index in [1.165, 1.54) is 18.2 Å². The van der Waals surface area contributed by atoms with E-state index < -0.39 is 29.2 Å². The second-order valence-corrected chi connectivity index (χ2v) is 14.4. The van der Waals surface area contributed by atoms with Crippen molar-refractivity contribution in [3.63, 3.8) is 0 Å². The van der Waals surface area contributed by atoms with Gasteiger partial charge in [0.1, 0.15) is 11.5 Å². The number of carbonyl (C=O) groups excluding carboxylic acids is 1. The number of halogens is 2.